The van der Waals surface area contributed by atoms with Crippen LogP contribution in [0.15, 0.2) is 30.3 Å². The van der Waals surface area contributed by atoms with Gasteiger partial charge in [-0.1, -0.05) is 30.3 Å². The topological polar surface area (TPSA) is 34.1 Å². The molecule has 2 nitrogen and oxygen atoms in total. The van der Waals surface area contributed by atoms with Crippen molar-refractivity contribution < 1.29 is 9.00 Å². The minimum absolute atomic E-state index is 0.0335. The fourth-order valence-corrected chi connectivity index (χ4v) is 2.04. The first kappa shape index (κ1) is 12.0. The third-order valence-electron chi connectivity index (χ3n) is 1.92. The summed E-state index contributed by atoms with van der Waals surface area (Å²) < 4.78 is 11.3. The fraction of sp³-hybridized carbons (Fsp3) is 0.333. The molecule has 0 spiro atoms. The number of hydrogen-bond donors (Lipinski definition) is 0. The maximum absolute atomic E-state index is 11.4. The summed E-state index contributed by atoms with van der Waals surface area (Å²) in [5, 5.41) is 1.34. The molecule has 0 aliphatic heterocycles. The molecule has 3 heteroatoms. The molecule has 1 rings (SSSR count). The van der Waals surface area contributed by atoms with Crippen LogP contribution in [0, 0.1) is 0 Å². The zero-order chi connectivity index (χ0) is 11.3. The lowest BCUT2D eigenvalue weighted by Crippen LogP contribution is -2.09. The summed E-state index contributed by atoms with van der Waals surface area (Å²) in [5.74, 6) is -0.0335. The molecule has 0 atom stereocenters. The van der Waals surface area contributed by atoms with E-state index < -0.39 is 9.52 Å². The third-order valence-corrected chi connectivity index (χ3v) is 2.75. The number of hydrogen-bond acceptors (Lipinski definition) is 2. The van der Waals surface area contributed by atoms with Crippen LogP contribution in [-0.2, 0) is 20.7 Å². The van der Waals surface area contributed by atoms with Gasteiger partial charge in [-0.25, -0.2) is 0 Å². The molecule has 0 radical (unpaired) electrons. The molecule has 0 saturated carbocycles. The number of aryl methyl sites for hydroxylation is 1. The van der Waals surface area contributed by atoms with Crippen molar-refractivity contribution in [1.29, 1.82) is 0 Å². The lowest BCUT2D eigenvalue weighted by Gasteiger charge is -1.99. The van der Waals surface area contributed by atoms with Crippen LogP contribution >= 0.6 is 0 Å². The van der Waals surface area contributed by atoms with E-state index in [1.54, 1.807) is 12.5 Å². The van der Waals surface area contributed by atoms with E-state index in [2.05, 4.69) is 0 Å². The summed E-state index contributed by atoms with van der Waals surface area (Å²) >= 11 is 0. The zero-order valence-electron chi connectivity index (χ0n) is 9.10. The van der Waals surface area contributed by atoms with Gasteiger partial charge in [0, 0.05) is 24.3 Å². The number of carbonyl (C=O) groups is 1. The average molecular weight is 224 g/mol. The van der Waals surface area contributed by atoms with Gasteiger partial charge in [-0.3, -0.25) is 9.00 Å². The molecule has 0 unspecified atom stereocenters. The lowest BCUT2D eigenvalue weighted by atomic mass is 10.1. The van der Waals surface area contributed by atoms with Crippen LogP contribution in [0.3, 0.4) is 0 Å². The van der Waals surface area contributed by atoms with Crippen molar-refractivity contribution in [2.75, 3.05) is 12.5 Å². The van der Waals surface area contributed by atoms with Gasteiger partial charge in [0.2, 0.25) is 0 Å². The van der Waals surface area contributed by atoms with Crippen molar-refractivity contribution in [2.45, 2.75) is 12.8 Å². The SMILES string of the molecule is CS(C)(=O)=CC(=O)CCc1ccccc1. The summed E-state index contributed by atoms with van der Waals surface area (Å²) in [7, 11) is -2.05. The van der Waals surface area contributed by atoms with Crippen molar-refractivity contribution in [3.8, 4) is 0 Å². The van der Waals surface area contributed by atoms with Crippen LogP contribution in [0.4, 0.5) is 0 Å². The molecule has 0 heterocycles. The van der Waals surface area contributed by atoms with E-state index in [1.165, 1.54) is 5.37 Å². The maximum Gasteiger partial charge on any atom is 0.163 e. The van der Waals surface area contributed by atoms with Crippen LogP contribution in [0.1, 0.15) is 12.0 Å². The molecule has 0 fully saturated rings. The Labute approximate surface area is 91.3 Å². The van der Waals surface area contributed by atoms with Gasteiger partial charge in [0.25, 0.3) is 0 Å². The molecule has 1 aromatic carbocycles. The molecule has 0 aliphatic rings. The van der Waals surface area contributed by atoms with E-state index in [-0.39, 0.29) is 5.78 Å². The highest BCUT2D eigenvalue weighted by Crippen LogP contribution is 2.02. The molecule has 0 aromatic heterocycles. The molecule has 82 valence electrons. The zero-order valence-corrected chi connectivity index (χ0v) is 9.92. The molecule has 0 amide bonds. The first-order valence-electron chi connectivity index (χ1n) is 4.83. The Morgan fingerprint density at radius 1 is 1.27 bits per heavy atom. The number of Topliss-reactive ketones (excluding diaryl/α,β-unsaturated/α-hetero) is 1. The van der Waals surface area contributed by atoms with Crippen LogP contribution in [0.2, 0.25) is 0 Å². The Morgan fingerprint density at radius 2 is 1.87 bits per heavy atom. The molecule has 0 bridgehead atoms. The Kier molecular flexibility index (Phi) is 4.09. The Morgan fingerprint density at radius 3 is 2.40 bits per heavy atom. The van der Waals surface area contributed by atoms with Crippen LogP contribution in [0.25, 0.3) is 0 Å². The lowest BCUT2D eigenvalue weighted by molar-refractivity contribution is -0.112. The highest BCUT2D eigenvalue weighted by atomic mass is 32.2. The third kappa shape index (κ3) is 5.37. The second kappa shape index (κ2) is 5.12. The summed E-state index contributed by atoms with van der Waals surface area (Å²) in [6.45, 7) is 0. The number of ketones is 1. The van der Waals surface area contributed by atoms with E-state index in [1.807, 2.05) is 30.3 Å². The fourth-order valence-electron chi connectivity index (χ4n) is 1.29. The van der Waals surface area contributed by atoms with Gasteiger partial charge in [0.05, 0.1) is 0 Å². The van der Waals surface area contributed by atoms with E-state index in [0.717, 1.165) is 5.56 Å². The van der Waals surface area contributed by atoms with Crippen molar-refractivity contribution in [1.82, 2.24) is 0 Å². The molecule has 15 heavy (non-hydrogen) atoms. The van der Waals surface area contributed by atoms with Gasteiger partial charge in [-0.05, 0) is 21.5 Å². The number of rotatable bonds is 4. The first-order chi connectivity index (χ1) is 6.97. The molecular weight excluding hydrogens is 208 g/mol. The smallest absolute Gasteiger partial charge is 0.163 e. The quantitative estimate of drug-likeness (QED) is 0.727. The standard InChI is InChI=1S/C12H16O2S/c1-15(2,14)10-12(13)9-8-11-6-4-3-5-7-11/h3-7,10H,8-9H2,1-2H3. The van der Waals surface area contributed by atoms with E-state index in [4.69, 9.17) is 0 Å². The second-order valence-electron chi connectivity index (χ2n) is 3.88. The normalized spacial score (nSPS) is 11.1. The first-order valence-corrected chi connectivity index (χ1v) is 7.27. The number of carbonyl (C=O) groups excluding carboxylic acids is 1. The van der Waals surface area contributed by atoms with Crippen molar-refractivity contribution in [3.05, 3.63) is 35.9 Å². The molecule has 0 aliphatic carbocycles. The van der Waals surface area contributed by atoms with Crippen LogP contribution in [0.5, 0.6) is 0 Å². The van der Waals surface area contributed by atoms with Crippen molar-refractivity contribution in [3.63, 3.8) is 0 Å². The Hall–Kier alpha value is -1.09. The van der Waals surface area contributed by atoms with Crippen molar-refractivity contribution in [2.24, 2.45) is 0 Å². The van der Waals surface area contributed by atoms with E-state index in [0.29, 0.717) is 12.8 Å². The summed E-state index contributed by atoms with van der Waals surface area (Å²) in [6, 6.07) is 9.83. The highest BCUT2D eigenvalue weighted by Gasteiger charge is 2.01. The molecular formula is C12H16O2S. The summed E-state index contributed by atoms with van der Waals surface area (Å²) in [4.78, 5) is 11.4. The van der Waals surface area contributed by atoms with Crippen molar-refractivity contribution >= 4 is 20.7 Å². The minimum Gasteiger partial charge on any atom is -0.294 e. The van der Waals surface area contributed by atoms with Crippen LogP contribution < -0.4 is 0 Å². The van der Waals surface area contributed by atoms with Gasteiger partial charge >= 0.3 is 0 Å². The van der Waals surface area contributed by atoms with Crippen LogP contribution in [-0.4, -0.2) is 27.9 Å². The van der Waals surface area contributed by atoms with E-state index >= 15 is 0 Å². The summed E-state index contributed by atoms with van der Waals surface area (Å²) in [6.07, 6.45) is 4.30. The minimum atomic E-state index is -2.05. The van der Waals surface area contributed by atoms with Gasteiger partial charge in [-0.15, -0.1) is 0 Å². The number of benzene rings is 1. The Balaban J connectivity index is 2.53. The second-order valence-corrected chi connectivity index (χ2v) is 6.73. The predicted octanol–water partition coefficient (Wildman–Crippen LogP) is 1.53. The van der Waals surface area contributed by atoms with Gasteiger partial charge in [0.15, 0.2) is 5.78 Å². The average Bonchev–Trinajstić information content (AvgIpc) is 2.14. The van der Waals surface area contributed by atoms with Gasteiger partial charge in [0.1, 0.15) is 0 Å². The molecule has 0 saturated heterocycles. The van der Waals surface area contributed by atoms with E-state index in [9.17, 15) is 9.00 Å². The Bertz CT molecular complexity index is 432. The monoisotopic (exact) mass is 224 g/mol. The predicted molar refractivity (Wildman–Crippen MR) is 65.8 cm³/mol. The largest absolute Gasteiger partial charge is 0.294 e. The molecule has 0 N–H and O–H groups in total. The highest BCUT2D eigenvalue weighted by molar-refractivity contribution is 8.01. The van der Waals surface area contributed by atoms with Gasteiger partial charge in [-0.2, -0.15) is 0 Å². The molecule has 1 aromatic rings. The summed E-state index contributed by atoms with van der Waals surface area (Å²) in [5.41, 5.74) is 1.14. The maximum atomic E-state index is 11.4. The van der Waals surface area contributed by atoms with Gasteiger partial charge < -0.3 is 0 Å².